The van der Waals surface area contributed by atoms with Gasteiger partial charge in [-0.2, -0.15) is 4.98 Å². The molecule has 0 saturated carbocycles. The number of aromatic nitrogens is 2. The zero-order valence-corrected chi connectivity index (χ0v) is 19.1. The van der Waals surface area contributed by atoms with Crippen LogP contribution in [0.4, 0.5) is 0 Å². The van der Waals surface area contributed by atoms with E-state index in [1.54, 1.807) is 0 Å². The van der Waals surface area contributed by atoms with Gasteiger partial charge in [0.25, 0.3) is 0 Å². The van der Waals surface area contributed by atoms with Gasteiger partial charge in [0.05, 0.1) is 0 Å². The summed E-state index contributed by atoms with van der Waals surface area (Å²) in [7, 11) is 0. The van der Waals surface area contributed by atoms with Crippen molar-refractivity contribution in [3.8, 4) is 11.4 Å². The fourth-order valence-electron chi connectivity index (χ4n) is 3.58. The van der Waals surface area contributed by atoms with Crippen molar-refractivity contribution >= 4 is 5.91 Å². The Labute approximate surface area is 180 Å². The summed E-state index contributed by atoms with van der Waals surface area (Å²) in [6.45, 7) is 15.8. The lowest BCUT2D eigenvalue weighted by molar-refractivity contribution is -0.133. The summed E-state index contributed by atoms with van der Waals surface area (Å²) >= 11 is 0. The molecule has 0 N–H and O–H groups in total. The van der Waals surface area contributed by atoms with Crippen LogP contribution in [0.25, 0.3) is 11.4 Å². The number of piperazine rings is 1. The molecule has 1 aromatic carbocycles. The zero-order valence-electron chi connectivity index (χ0n) is 19.1. The first-order chi connectivity index (χ1) is 14.2. The molecule has 2 aromatic rings. The highest BCUT2D eigenvalue weighted by Crippen LogP contribution is 2.21. The van der Waals surface area contributed by atoms with Gasteiger partial charge in [0.1, 0.15) is 0 Å². The zero-order chi connectivity index (χ0) is 21.7. The lowest BCUT2D eigenvalue weighted by atomic mass is 9.92. The van der Waals surface area contributed by atoms with Crippen LogP contribution in [0.2, 0.25) is 0 Å². The van der Waals surface area contributed by atoms with Crippen LogP contribution in [0.1, 0.15) is 64.8 Å². The van der Waals surface area contributed by atoms with Crippen LogP contribution in [0.15, 0.2) is 28.8 Å². The number of carbonyl (C=O) groups excluding carboxylic acids is 1. The van der Waals surface area contributed by atoms with E-state index in [4.69, 9.17) is 4.52 Å². The van der Waals surface area contributed by atoms with E-state index in [-0.39, 0.29) is 5.91 Å². The number of amides is 1. The molecule has 0 spiro atoms. The highest BCUT2D eigenvalue weighted by atomic mass is 16.5. The van der Waals surface area contributed by atoms with E-state index >= 15 is 0 Å². The van der Waals surface area contributed by atoms with Crippen LogP contribution in [-0.2, 0) is 11.2 Å². The van der Waals surface area contributed by atoms with Crippen LogP contribution < -0.4 is 0 Å². The summed E-state index contributed by atoms with van der Waals surface area (Å²) < 4.78 is 5.38. The van der Waals surface area contributed by atoms with E-state index < -0.39 is 0 Å². The molecule has 0 bridgehead atoms. The number of nitrogens with zero attached hydrogens (tertiary/aromatic N) is 4. The molecule has 0 unspecified atom stereocenters. The Bertz CT molecular complexity index is 812. The summed E-state index contributed by atoms with van der Waals surface area (Å²) in [4.78, 5) is 21.5. The summed E-state index contributed by atoms with van der Waals surface area (Å²) in [5.74, 6) is 1.77. The van der Waals surface area contributed by atoms with Crippen molar-refractivity contribution < 1.29 is 9.32 Å². The van der Waals surface area contributed by atoms with Gasteiger partial charge in [0, 0.05) is 44.6 Å². The van der Waals surface area contributed by atoms with E-state index in [9.17, 15) is 4.79 Å². The third-order valence-corrected chi connectivity index (χ3v) is 5.76. The van der Waals surface area contributed by atoms with Crippen molar-refractivity contribution in [3.05, 3.63) is 35.7 Å². The number of carbonyl (C=O) groups is 1. The van der Waals surface area contributed by atoms with Crippen molar-refractivity contribution in [2.75, 3.05) is 32.7 Å². The minimum Gasteiger partial charge on any atom is -0.340 e. The van der Waals surface area contributed by atoms with Gasteiger partial charge in [-0.3, -0.25) is 9.69 Å². The van der Waals surface area contributed by atoms with Gasteiger partial charge < -0.3 is 9.42 Å². The highest BCUT2D eigenvalue weighted by Gasteiger charge is 2.22. The summed E-state index contributed by atoms with van der Waals surface area (Å²) in [6, 6.07) is 8.24. The first kappa shape index (κ1) is 22.5. The van der Waals surface area contributed by atoms with Gasteiger partial charge in [0.2, 0.25) is 17.6 Å². The molecule has 3 rings (SSSR count). The quantitative estimate of drug-likeness (QED) is 0.676. The monoisotopic (exact) mass is 412 g/mol. The Morgan fingerprint density at radius 3 is 2.37 bits per heavy atom. The molecule has 0 atom stereocenters. The fraction of sp³-hybridized carbons (Fsp3) is 0.625. The maximum absolute atomic E-state index is 12.6. The summed E-state index contributed by atoms with van der Waals surface area (Å²) in [6.07, 6.45) is 2.08. The Balaban J connectivity index is 1.44. The van der Waals surface area contributed by atoms with Crippen LogP contribution in [0, 0.1) is 5.41 Å². The molecule has 0 aliphatic carbocycles. The Morgan fingerprint density at radius 1 is 1.10 bits per heavy atom. The first-order valence-electron chi connectivity index (χ1n) is 11.1. The molecule has 1 aliphatic rings. The molecule has 1 fully saturated rings. The van der Waals surface area contributed by atoms with Crippen LogP contribution >= 0.6 is 0 Å². The fourth-order valence-corrected chi connectivity index (χ4v) is 3.58. The molecule has 164 valence electrons. The first-order valence-corrected chi connectivity index (χ1v) is 11.1. The summed E-state index contributed by atoms with van der Waals surface area (Å²) in [5.41, 5.74) is 2.57. The van der Waals surface area contributed by atoms with E-state index in [2.05, 4.69) is 61.8 Å². The molecule has 1 aliphatic heterocycles. The second-order valence-corrected chi connectivity index (χ2v) is 9.82. The number of rotatable bonds is 7. The van der Waals surface area contributed by atoms with Crippen molar-refractivity contribution in [1.29, 1.82) is 0 Å². The predicted octanol–water partition coefficient (Wildman–Crippen LogP) is 4.37. The SMILES string of the molecule is CC(C)c1ccc(-c2noc(CCC(=O)N3CCN(CCC(C)(C)C)CC3)n2)cc1. The van der Waals surface area contributed by atoms with Gasteiger partial charge >= 0.3 is 0 Å². The van der Waals surface area contributed by atoms with Crippen molar-refractivity contribution in [2.24, 2.45) is 5.41 Å². The lowest BCUT2D eigenvalue weighted by Gasteiger charge is -2.36. The topological polar surface area (TPSA) is 62.5 Å². The molecule has 2 heterocycles. The molecule has 6 nitrogen and oxygen atoms in total. The average molecular weight is 413 g/mol. The molecule has 1 aromatic heterocycles. The van der Waals surface area contributed by atoms with Crippen LogP contribution in [0.5, 0.6) is 0 Å². The highest BCUT2D eigenvalue weighted by molar-refractivity contribution is 5.76. The number of hydrogen-bond donors (Lipinski definition) is 0. The molecule has 0 radical (unpaired) electrons. The Morgan fingerprint density at radius 2 is 1.77 bits per heavy atom. The smallest absolute Gasteiger partial charge is 0.227 e. The van der Waals surface area contributed by atoms with Gasteiger partial charge in [-0.05, 0) is 29.9 Å². The Hall–Kier alpha value is -2.21. The second kappa shape index (κ2) is 9.73. The third-order valence-electron chi connectivity index (χ3n) is 5.76. The normalized spacial score (nSPS) is 15.7. The van der Waals surface area contributed by atoms with E-state index in [1.165, 1.54) is 12.0 Å². The molecular weight excluding hydrogens is 376 g/mol. The van der Waals surface area contributed by atoms with Gasteiger partial charge in [-0.1, -0.05) is 64.0 Å². The standard InChI is InChI=1S/C24H36N4O2/c1-18(2)19-6-8-20(9-7-19)23-25-21(30-26-23)10-11-22(29)28-16-14-27(15-17-28)13-12-24(3,4)5/h6-9,18H,10-17H2,1-5H3. The Kier molecular flexibility index (Phi) is 7.29. The second-order valence-electron chi connectivity index (χ2n) is 9.82. The molecule has 30 heavy (non-hydrogen) atoms. The van der Waals surface area contributed by atoms with Crippen LogP contribution in [-0.4, -0.2) is 58.6 Å². The maximum atomic E-state index is 12.6. The molecule has 6 heteroatoms. The van der Waals surface area contributed by atoms with E-state index in [0.29, 0.717) is 35.9 Å². The van der Waals surface area contributed by atoms with Gasteiger partial charge in [0.15, 0.2) is 0 Å². The van der Waals surface area contributed by atoms with Gasteiger partial charge in [-0.15, -0.1) is 0 Å². The van der Waals surface area contributed by atoms with E-state index in [1.807, 2.05) is 17.0 Å². The lowest BCUT2D eigenvalue weighted by Crippen LogP contribution is -2.49. The van der Waals surface area contributed by atoms with Crippen molar-refractivity contribution in [3.63, 3.8) is 0 Å². The molecule has 1 amide bonds. The van der Waals surface area contributed by atoms with Gasteiger partial charge in [-0.25, -0.2) is 0 Å². The summed E-state index contributed by atoms with van der Waals surface area (Å²) in [5, 5.41) is 4.08. The minimum atomic E-state index is 0.173. The minimum absolute atomic E-state index is 0.173. The van der Waals surface area contributed by atoms with Crippen LogP contribution in [0.3, 0.4) is 0 Å². The maximum Gasteiger partial charge on any atom is 0.227 e. The number of hydrogen-bond acceptors (Lipinski definition) is 5. The molecule has 1 saturated heterocycles. The third kappa shape index (κ3) is 6.39. The largest absolute Gasteiger partial charge is 0.340 e. The van der Waals surface area contributed by atoms with Crippen molar-refractivity contribution in [2.45, 2.75) is 59.8 Å². The molecular formula is C24H36N4O2. The average Bonchev–Trinajstić information content (AvgIpc) is 3.19. The number of aryl methyl sites for hydroxylation is 1. The van der Waals surface area contributed by atoms with E-state index in [0.717, 1.165) is 38.3 Å². The predicted molar refractivity (Wildman–Crippen MR) is 119 cm³/mol. The van der Waals surface area contributed by atoms with Crippen molar-refractivity contribution in [1.82, 2.24) is 19.9 Å². The number of benzene rings is 1.